The number of hydrogen-bond donors (Lipinski definition) is 0. The van der Waals surface area contributed by atoms with Crippen molar-refractivity contribution in [1.29, 1.82) is 0 Å². The first kappa shape index (κ1) is 10.8. The maximum atomic E-state index is 13.2. The van der Waals surface area contributed by atoms with Gasteiger partial charge in [-0.1, -0.05) is 0 Å². The van der Waals surface area contributed by atoms with E-state index in [2.05, 4.69) is 0 Å². The topological polar surface area (TPSA) is 9.23 Å². The average molecular weight is 218 g/mol. The summed E-state index contributed by atoms with van der Waals surface area (Å²) in [6.45, 7) is 2.08. The molecule has 1 aromatic carbocycles. The number of benzene rings is 1. The Balaban J connectivity index is 2.08. The van der Waals surface area contributed by atoms with Crippen LogP contribution >= 0.6 is 0 Å². The molecule has 0 amide bonds. The quantitative estimate of drug-likeness (QED) is 0.769. The van der Waals surface area contributed by atoms with Crippen LogP contribution in [0.15, 0.2) is 42.4 Å². The Labute approximate surface area is 92.9 Å². The zero-order chi connectivity index (χ0) is 11.4. The van der Waals surface area contributed by atoms with E-state index < -0.39 is 11.6 Å². The van der Waals surface area contributed by atoms with Gasteiger partial charge in [0.2, 0.25) is 0 Å². The van der Waals surface area contributed by atoms with Crippen molar-refractivity contribution in [2.75, 3.05) is 0 Å². The molecule has 0 bridgehead atoms. The van der Waals surface area contributed by atoms with Gasteiger partial charge >= 0.3 is 92.2 Å². The molecule has 0 saturated carbocycles. The van der Waals surface area contributed by atoms with Crippen LogP contribution in [0.2, 0.25) is 0 Å². The predicted octanol–water partition coefficient (Wildman–Crippen LogP) is 2.88. The third kappa shape index (κ3) is 2.45. The number of hydrogen-bond acceptors (Lipinski definition) is 1. The molecule has 1 heterocycles. The summed E-state index contributed by atoms with van der Waals surface area (Å²) in [6.07, 6.45) is 0. The molecular weight excluding hydrogens is 209 g/mol. The Hall–Kier alpha value is -1.71. The second kappa shape index (κ2) is 4.88. The fraction of sp³-hybridized carbons (Fsp3) is 0.0833. The Morgan fingerprint density at radius 3 is 2.69 bits per heavy atom. The molecule has 0 aliphatic carbocycles. The van der Waals surface area contributed by atoms with Crippen molar-refractivity contribution in [3.63, 3.8) is 0 Å². The van der Waals surface area contributed by atoms with Gasteiger partial charge in [0.05, 0.1) is 0 Å². The molecule has 1 aromatic heterocycles. The fourth-order valence-electron chi connectivity index (χ4n) is 1.33. The maximum absolute atomic E-state index is 13.2. The van der Waals surface area contributed by atoms with Crippen molar-refractivity contribution in [3.8, 4) is 5.75 Å². The van der Waals surface area contributed by atoms with Crippen molar-refractivity contribution in [1.82, 2.24) is 0 Å². The van der Waals surface area contributed by atoms with Crippen LogP contribution in [0.3, 0.4) is 0 Å². The first-order chi connectivity index (χ1) is 7.77. The van der Waals surface area contributed by atoms with Gasteiger partial charge in [-0.3, -0.25) is 0 Å². The Morgan fingerprint density at radius 2 is 1.94 bits per heavy atom. The van der Waals surface area contributed by atoms with E-state index in [-0.39, 0.29) is 12.4 Å². The number of rotatable bonds is 3. The summed E-state index contributed by atoms with van der Waals surface area (Å²) in [7, 11) is 0. The van der Waals surface area contributed by atoms with Gasteiger partial charge in [0.15, 0.2) is 0 Å². The Bertz CT molecular complexity index is 474. The molecule has 0 atom stereocenters. The molecule has 0 aliphatic rings. The molecule has 0 aliphatic heterocycles. The van der Waals surface area contributed by atoms with E-state index in [1.807, 2.05) is 31.1 Å². The van der Waals surface area contributed by atoms with Crippen LogP contribution in [0.1, 0.15) is 5.46 Å². The molecule has 0 N–H and O–H groups in total. The zero-order valence-electron chi connectivity index (χ0n) is 8.49. The van der Waals surface area contributed by atoms with Crippen LogP contribution in [0, 0.1) is 11.6 Å². The number of ether oxygens (including phenoxy) is 1. The summed E-state index contributed by atoms with van der Waals surface area (Å²) in [4.78, 5) is 0. The van der Waals surface area contributed by atoms with Crippen molar-refractivity contribution in [2.24, 2.45) is 0 Å². The van der Waals surface area contributed by atoms with E-state index in [0.717, 1.165) is 11.5 Å². The van der Waals surface area contributed by atoms with Crippen LogP contribution in [0.4, 0.5) is 8.78 Å². The minimum atomic E-state index is -0.946. The van der Waals surface area contributed by atoms with Crippen LogP contribution in [0.25, 0.3) is 0 Å². The van der Waals surface area contributed by atoms with Gasteiger partial charge in [-0.05, 0) is 0 Å². The summed E-state index contributed by atoms with van der Waals surface area (Å²) < 4.78 is 31.2. The second-order valence-electron chi connectivity index (χ2n) is 3.33. The molecule has 1 nitrogen and oxygen atoms in total. The first-order valence-corrected chi connectivity index (χ1v) is 4.88. The van der Waals surface area contributed by atoms with E-state index in [0.29, 0.717) is 0 Å². The van der Waals surface area contributed by atoms with E-state index in [1.165, 1.54) is 12.1 Å². The van der Waals surface area contributed by atoms with Crippen LogP contribution < -0.4 is 4.74 Å². The monoisotopic (exact) mass is 218 g/mol. The van der Waals surface area contributed by atoms with Crippen LogP contribution in [-0.4, -0.2) is 6.91 Å². The zero-order valence-corrected chi connectivity index (χ0v) is 8.49. The van der Waals surface area contributed by atoms with E-state index >= 15 is 0 Å². The van der Waals surface area contributed by atoms with Gasteiger partial charge in [0, 0.05) is 0 Å². The molecule has 0 fully saturated rings. The van der Waals surface area contributed by atoms with Crippen molar-refractivity contribution in [3.05, 3.63) is 59.5 Å². The summed E-state index contributed by atoms with van der Waals surface area (Å²) in [5.41, 5.74) is 0.908. The fourth-order valence-corrected chi connectivity index (χ4v) is 1.33. The predicted molar refractivity (Wildman–Crippen MR) is 58.5 cm³/mol. The molecule has 0 saturated heterocycles. The average Bonchev–Trinajstić information content (AvgIpc) is 2.32. The minimum absolute atomic E-state index is 0.0659. The molecule has 2 aromatic rings. The summed E-state index contributed by atoms with van der Waals surface area (Å²) in [5.74, 6) is -0.0477. The molecular formula is C12H9BF2O. The summed E-state index contributed by atoms with van der Waals surface area (Å²) in [6, 6.07) is 9.48. The van der Waals surface area contributed by atoms with Crippen molar-refractivity contribution in [2.45, 2.75) is 6.61 Å². The molecule has 0 unspecified atom stereocenters. The number of halogens is 2. The van der Waals surface area contributed by atoms with Gasteiger partial charge in [0.1, 0.15) is 0 Å². The second-order valence-corrected chi connectivity index (χ2v) is 3.33. The molecule has 4 heteroatoms. The normalized spacial score (nSPS) is 9.88. The molecule has 2 rings (SSSR count). The van der Waals surface area contributed by atoms with E-state index in [1.54, 1.807) is 0 Å². The molecule has 0 spiro atoms. The van der Waals surface area contributed by atoms with Crippen molar-refractivity contribution < 1.29 is 13.5 Å². The summed E-state index contributed by atoms with van der Waals surface area (Å²) in [5, 5.41) is 0. The Morgan fingerprint density at radius 1 is 1.06 bits per heavy atom. The van der Waals surface area contributed by atoms with E-state index in [9.17, 15) is 8.78 Å². The molecule has 16 heavy (non-hydrogen) atoms. The van der Waals surface area contributed by atoms with Crippen molar-refractivity contribution >= 4 is 6.91 Å². The standard InChI is InChI=1S/C12H9BF2O/c14-10-5-3-6-11(12(10)15)16-8-9-4-1-2-7-13-9/h1-7H,8H2. The van der Waals surface area contributed by atoms with Gasteiger partial charge < -0.3 is 0 Å². The molecule has 80 valence electrons. The third-order valence-corrected chi connectivity index (χ3v) is 2.15. The van der Waals surface area contributed by atoms with E-state index in [4.69, 9.17) is 4.74 Å². The SMILES string of the molecule is Fc1cccc(OCc2bcccc2)c1F. The van der Waals surface area contributed by atoms with Gasteiger partial charge in [-0.25, -0.2) is 0 Å². The van der Waals surface area contributed by atoms with Gasteiger partial charge in [-0.15, -0.1) is 0 Å². The third-order valence-electron chi connectivity index (χ3n) is 2.15. The summed E-state index contributed by atoms with van der Waals surface area (Å²) >= 11 is 0. The van der Waals surface area contributed by atoms with Gasteiger partial charge in [0.25, 0.3) is 0 Å². The van der Waals surface area contributed by atoms with Crippen LogP contribution in [0.5, 0.6) is 5.75 Å². The van der Waals surface area contributed by atoms with Gasteiger partial charge in [-0.2, -0.15) is 0 Å². The first-order valence-electron chi connectivity index (χ1n) is 4.88. The Kier molecular flexibility index (Phi) is 3.29. The molecule has 0 radical (unpaired) electrons. The van der Waals surface area contributed by atoms with Crippen LogP contribution in [-0.2, 0) is 6.61 Å².